The summed E-state index contributed by atoms with van der Waals surface area (Å²) in [5.41, 5.74) is 1.37. The molecule has 78 valence electrons. The summed E-state index contributed by atoms with van der Waals surface area (Å²) in [7, 11) is 0. The van der Waals surface area contributed by atoms with Crippen LogP contribution in [0, 0.1) is 5.82 Å². The van der Waals surface area contributed by atoms with Crippen molar-refractivity contribution in [2.75, 3.05) is 0 Å². The SMILES string of the molecule is CC(C)c1cc(Cl)c(F)c(CON)c1. The molecule has 0 aliphatic carbocycles. The van der Waals surface area contributed by atoms with Crippen LogP contribution in [0.15, 0.2) is 12.1 Å². The van der Waals surface area contributed by atoms with Gasteiger partial charge in [-0.3, -0.25) is 4.84 Å². The highest BCUT2D eigenvalue weighted by Gasteiger charge is 2.10. The molecule has 4 heteroatoms. The Morgan fingerprint density at radius 2 is 2.14 bits per heavy atom. The summed E-state index contributed by atoms with van der Waals surface area (Å²) in [6, 6.07) is 3.35. The zero-order valence-electron chi connectivity index (χ0n) is 8.18. The molecule has 0 aliphatic rings. The van der Waals surface area contributed by atoms with E-state index in [1.807, 2.05) is 13.8 Å². The number of hydrogen-bond donors (Lipinski definition) is 1. The highest BCUT2D eigenvalue weighted by atomic mass is 35.5. The van der Waals surface area contributed by atoms with E-state index >= 15 is 0 Å². The molecule has 0 saturated carbocycles. The first-order valence-electron chi connectivity index (χ1n) is 4.35. The smallest absolute Gasteiger partial charge is 0.147 e. The fourth-order valence-corrected chi connectivity index (χ4v) is 1.44. The molecular formula is C10H13ClFNO. The second-order valence-electron chi connectivity index (χ2n) is 3.44. The Balaban J connectivity index is 3.14. The van der Waals surface area contributed by atoms with Crippen LogP contribution in [0.3, 0.4) is 0 Å². The Hall–Kier alpha value is -0.640. The van der Waals surface area contributed by atoms with Gasteiger partial charge in [-0.25, -0.2) is 10.3 Å². The Kier molecular flexibility index (Phi) is 3.86. The summed E-state index contributed by atoms with van der Waals surface area (Å²) in [5, 5.41) is 0.114. The molecule has 0 aromatic heterocycles. The van der Waals surface area contributed by atoms with Gasteiger partial charge in [0.1, 0.15) is 5.82 Å². The lowest BCUT2D eigenvalue weighted by Crippen LogP contribution is -2.03. The van der Waals surface area contributed by atoms with Crippen molar-refractivity contribution < 1.29 is 9.23 Å². The van der Waals surface area contributed by atoms with Crippen LogP contribution in [0.2, 0.25) is 5.02 Å². The van der Waals surface area contributed by atoms with Crippen LogP contribution in [0.5, 0.6) is 0 Å². The molecule has 0 fully saturated rings. The first-order chi connectivity index (χ1) is 6.56. The third-order valence-electron chi connectivity index (χ3n) is 2.03. The van der Waals surface area contributed by atoms with Crippen molar-refractivity contribution in [2.24, 2.45) is 5.90 Å². The van der Waals surface area contributed by atoms with Crippen LogP contribution in [0.1, 0.15) is 30.9 Å². The lowest BCUT2D eigenvalue weighted by molar-refractivity contribution is 0.121. The van der Waals surface area contributed by atoms with Gasteiger partial charge in [-0.15, -0.1) is 0 Å². The molecule has 0 radical (unpaired) electrons. The van der Waals surface area contributed by atoms with Gasteiger partial charge in [-0.2, -0.15) is 0 Å². The maximum absolute atomic E-state index is 13.4. The van der Waals surface area contributed by atoms with Crippen LogP contribution in [0.25, 0.3) is 0 Å². The number of benzene rings is 1. The minimum absolute atomic E-state index is 0.0338. The zero-order valence-corrected chi connectivity index (χ0v) is 8.94. The molecule has 0 bridgehead atoms. The highest BCUT2D eigenvalue weighted by Crippen LogP contribution is 2.25. The van der Waals surface area contributed by atoms with E-state index in [-0.39, 0.29) is 11.6 Å². The van der Waals surface area contributed by atoms with Crippen molar-refractivity contribution in [2.45, 2.75) is 26.4 Å². The molecule has 0 unspecified atom stereocenters. The number of hydrogen-bond acceptors (Lipinski definition) is 2. The summed E-state index contributed by atoms with van der Waals surface area (Å²) in [5.74, 6) is 4.73. The maximum atomic E-state index is 13.4. The molecule has 0 aliphatic heterocycles. The molecule has 1 rings (SSSR count). The van der Waals surface area contributed by atoms with Crippen LogP contribution in [-0.4, -0.2) is 0 Å². The average molecular weight is 218 g/mol. The molecule has 2 nitrogen and oxygen atoms in total. The summed E-state index contributed by atoms with van der Waals surface area (Å²) in [6.45, 7) is 4.05. The monoisotopic (exact) mass is 217 g/mol. The summed E-state index contributed by atoms with van der Waals surface area (Å²) < 4.78 is 13.4. The summed E-state index contributed by atoms with van der Waals surface area (Å²) >= 11 is 5.73. The second kappa shape index (κ2) is 4.73. The average Bonchev–Trinajstić information content (AvgIpc) is 2.12. The molecular weight excluding hydrogens is 205 g/mol. The van der Waals surface area contributed by atoms with E-state index in [2.05, 4.69) is 4.84 Å². The Morgan fingerprint density at radius 1 is 1.50 bits per heavy atom. The van der Waals surface area contributed by atoms with E-state index in [0.29, 0.717) is 11.5 Å². The normalized spacial score (nSPS) is 11.0. The Morgan fingerprint density at radius 3 is 2.64 bits per heavy atom. The summed E-state index contributed by atoms with van der Waals surface area (Å²) in [6.07, 6.45) is 0. The lowest BCUT2D eigenvalue weighted by atomic mass is 10.0. The molecule has 0 spiro atoms. The van der Waals surface area contributed by atoms with Gasteiger partial charge < -0.3 is 0 Å². The largest absolute Gasteiger partial charge is 0.300 e. The van der Waals surface area contributed by atoms with E-state index in [0.717, 1.165) is 5.56 Å². The standard InChI is InChI=1S/C10H13ClFNO/c1-6(2)7-3-8(5-14-13)10(12)9(11)4-7/h3-4,6H,5,13H2,1-2H3. The van der Waals surface area contributed by atoms with Crippen LogP contribution in [-0.2, 0) is 11.4 Å². The fraction of sp³-hybridized carbons (Fsp3) is 0.400. The van der Waals surface area contributed by atoms with Gasteiger partial charge in [0.25, 0.3) is 0 Å². The van der Waals surface area contributed by atoms with Gasteiger partial charge >= 0.3 is 0 Å². The Bertz CT molecular complexity index is 328. The van der Waals surface area contributed by atoms with Crippen LogP contribution >= 0.6 is 11.6 Å². The molecule has 1 aromatic carbocycles. The van der Waals surface area contributed by atoms with E-state index in [4.69, 9.17) is 17.5 Å². The first kappa shape index (κ1) is 11.4. The quantitative estimate of drug-likeness (QED) is 0.790. The van der Waals surface area contributed by atoms with Gasteiger partial charge in [0, 0.05) is 5.56 Å². The minimum Gasteiger partial charge on any atom is -0.300 e. The predicted octanol–water partition coefficient (Wildman–Crippen LogP) is 2.99. The Labute approximate surface area is 87.8 Å². The van der Waals surface area contributed by atoms with Crippen LogP contribution < -0.4 is 5.90 Å². The van der Waals surface area contributed by atoms with Crippen molar-refractivity contribution in [3.05, 3.63) is 34.1 Å². The zero-order chi connectivity index (χ0) is 10.7. The van der Waals surface area contributed by atoms with Crippen molar-refractivity contribution in [1.29, 1.82) is 0 Å². The van der Waals surface area contributed by atoms with E-state index in [9.17, 15) is 4.39 Å². The van der Waals surface area contributed by atoms with Crippen LogP contribution in [0.4, 0.5) is 4.39 Å². The molecule has 14 heavy (non-hydrogen) atoms. The van der Waals surface area contributed by atoms with E-state index in [1.165, 1.54) is 0 Å². The topological polar surface area (TPSA) is 35.2 Å². The summed E-state index contributed by atoms with van der Waals surface area (Å²) in [4.78, 5) is 4.40. The van der Waals surface area contributed by atoms with Crippen molar-refractivity contribution in [3.8, 4) is 0 Å². The minimum atomic E-state index is -0.457. The van der Waals surface area contributed by atoms with Gasteiger partial charge in [0.2, 0.25) is 0 Å². The number of nitrogens with two attached hydrogens (primary N) is 1. The lowest BCUT2D eigenvalue weighted by Gasteiger charge is -2.10. The first-order valence-corrected chi connectivity index (χ1v) is 4.73. The molecule has 0 heterocycles. The predicted molar refractivity (Wildman–Crippen MR) is 54.5 cm³/mol. The maximum Gasteiger partial charge on any atom is 0.147 e. The third-order valence-corrected chi connectivity index (χ3v) is 2.31. The highest BCUT2D eigenvalue weighted by molar-refractivity contribution is 6.30. The van der Waals surface area contributed by atoms with Gasteiger partial charge in [0.05, 0.1) is 11.6 Å². The second-order valence-corrected chi connectivity index (χ2v) is 3.85. The molecule has 0 atom stereocenters. The van der Waals surface area contributed by atoms with E-state index < -0.39 is 5.82 Å². The van der Waals surface area contributed by atoms with Crippen molar-refractivity contribution >= 4 is 11.6 Å². The molecule has 0 saturated heterocycles. The molecule has 2 N–H and O–H groups in total. The molecule has 1 aromatic rings. The number of rotatable bonds is 3. The van der Waals surface area contributed by atoms with Crippen molar-refractivity contribution in [1.82, 2.24) is 0 Å². The molecule has 0 amide bonds. The van der Waals surface area contributed by atoms with E-state index in [1.54, 1.807) is 12.1 Å². The number of halogens is 2. The fourth-order valence-electron chi connectivity index (χ4n) is 1.20. The third kappa shape index (κ3) is 2.44. The van der Waals surface area contributed by atoms with Gasteiger partial charge in [-0.1, -0.05) is 31.5 Å². The van der Waals surface area contributed by atoms with Crippen molar-refractivity contribution in [3.63, 3.8) is 0 Å². The van der Waals surface area contributed by atoms with Gasteiger partial charge in [-0.05, 0) is 17.5 Å². The van der Waals surface area contributed by atoms with Gasteiger partial charge in [0.15, 0.2) is 0 Å².